The number of halogens is 1. The lowest BCUT2D eigenvalue weighted by Gasteiger charge is -2.20. The average Bonchev–Trinajstić information content (AvgIpc) is 2.54. The first-order valence-corrected chi connectivity index (χ1v) is 7.02. The highest BCUT2D eigenvalue weighted by atomic mass is 19.1. The van der Waals surface area contributed by atoms with Crippen LogP contribution < -0.4 is 10.1 Å². The molecule has 2 aromatic rings. The van der Waals surface area contributed by atoms with Gasteiger partial charge in [-0.2, -0.15) is 0 Å². The smallest absolute Gasteiger partial charge is 0.224 e. The fraction of sp³-hybridized carbons (Fsp3) is 0.235. The van der Waals surface area contributed by atoms with E-state index >= 15 is 0 Å². The number of fused-ring (bicyclic) bond motifs is 1. The normalized spacial score (nSPS) is 15.0. The minimum Gasteiger partial charge on any atom is -0.497 e. The zero-order valence-electron chi connectivity index (χ0n) is 12.1. The summed E-state index contributed by atoms with van der Waals surface area (Å²) in [6.45, 7) is 0. The predicted molar refractivity (Wildman–Crippen MR) is 80.4 cm³/mol. The second-order valence-electron chi connectivity index (χ2n) is 5.26. The van der Waals surface area contributed by atoms with Crippen molar-refractivity contribution in [2.24, 2.45) is 0 Å². The van der Waals surface area contributed by atoms with E-state index in [1.54, 1.807) is 37.4 Å². The molecular formula is C17H16FNO3. The molecule has 1 aliphatic heterocycles. The molecule has 1 aliphatic rings. The number of ether oxygens (including phenoxy) is 1. The molecule has 0 bridgehead atoms. The molecular weight excluding hydrogens is 285 g/mol. The van der Waals surface area contributed by atoms with Gasteiger partial charge in [0.15, 0.2) is 0 Å². The van der Waals surface area contributed by atoms with Crippen LogP contribution in [0, 0.1) is 5.82 Å². The molecule has 0 saturated carbocycles. The van der Waals surface area contributed by atoms with Gasteiger partial charge in [-0.3, -0.25) is 4.79 Å². The number of aliphatic hydroxyl groups is 1. The van der Waals surface area contributed by atoms with Crippen molar-refractivity contribution in [3.8, 4) is 5.75 Å². The van der Waals surface area contributed by atoms with Crippen LogP contribution in [0.25, 0.3) is 0 Å². The fourth-order valence-electron chi connectivity index (χ4n) is 2.64. The molecule has 0 aliphatic carbocycles. The Labute approximate surface area is 127 Å². The maximum atomic E-state index is 14.2. The third-order valence-corrected chi connectivity index (χ3v) is 3.81. The number of hydrogen-bond acceptors (Lipinski definition) is 3. The van der Waals surface area contributed by atoms with Crippen LogP contribution >= 0.6 is 0 Å². The van der Waals surface area contributed by atoms with Crippen LogP contribution in [0.4, 0.5) is 10.1 Å². The molecule has 1 heterocycles. The summed E-state index contributed by atoms with van der Waals surface area (Å²) in [6.07, 6.45) is -0.158. The van der Waals surface area contributed by atoms with E-state index in [2.05, 4.69) is 5.32 Å². The topological polar surface area (TPSA) is 58.6 Å². The van der Waals surface area contributed by atoms with Crippen LogP contribution in [0.15, 0.2) is 36.4 Å². The quantitative estimate of drug-likeness (QED) is 0.916. The molecule has 1 unspecified atom stereocenters. The molecule has 3 rings (SSSR count). The standard InChI is InChI=1S/C17H16FNO3/c1-22-13-4-2-3-11(8-13)17(21)12-7-10-5-6-15(20)19-16(10)14(18)9-12/h2-4,7-9,17,21H,5-6H2,1H3,(H,19,20). The largest absolute Gasteiger partial charge is 0.497 e. The summed E-state index contributed by atoms with van der Waals surface area (Å²) in [7, 11) is 1.55. The van der Waals surface area contributed by atoms with E-state index in [0.29, 0.717) is 35.3 Å². The molecule has 1 atom stereocenters. The summed E-state index contributed by atoms with van der Waals surface area (Å²) in [6, 6.07) is 10.0. The van der Waals surface area contributed by atoms with Crippen molar-refractivity contribution in [1.82, 2.24) is 0 Å². The van der Waals surface area contributed by atoms with Crippen molar-refractivity contribution in [3.63, 3.8) is 0 Å². The van der Waals surface area contributed by atoms with Crippen molar-refractivity contribution < 1.29 is 19.0 Å². The highest BCUT2D eigenvalue weighted by molar-refractivity contribution is 5.94. The van der Waals surface area contributed by atoms with Gasteiger partial charge in [-0.05, 0) is 41.3 Å². The Balaban J connectivity index is 1.97. The Hall–Kier alpha value is -2.40. The van der Waals surface area contributed by atoms with Gasteiger partial charge < -0.3 is 15.2 Å². The van der Waals surface area contributed by atoms with Crippen molar-refractivity contribution in [1.29, 1.82) is 0 Å². The van der Waals surface area contributed by atoms with E-state index in [-0.39, 0.29) is 11.6 Å². The number of nitrogens with one attached hydrogen (secondary N) is 1. The second-order valence-corrected chi connectivity index (χ2v) is 5.26. The third kappa shape index (κ3) is 2.67. The molecule has 5 heteroatoms. The molecule has 0 spiro atoms. The molecule has 0 radical (unpaired) electrons. The Bertz CT molecular complexity index is 730. The zero-order valence-corrected chi connectivity index (χ0v) is 12.1. The van der Waals surface area contributed by atoms with Crippen LogP contribution in [-0.4, -0.2) is 18.1 Å². The molecule has 1 amide bonds. The van der Waals surface area contributed by atoms with E-state index in [1.807, 2.05) is 0 Å². The highest BCUT2D eigenvalue weighted by Gasteiger charge is 2.22. The van der Waals surface area contributed by atoms with Gasteiger partial charge in [-0.25, -0.2) is 4.39 Å². The van der Waals surface area contributed by atoms with Crippen LogP contribution in [-0.2, 0) is 11.2 Å². The summed E-state index contributed by atoms with van der Waals surface area (Å²) in [4.78, 5) is 11.3. The Morgan fingerprint density at radius 2 is 2.05 bits per heavy atom. The predicted octanol–water partition coefficient (Wildman–Crippen LogP) is 2.80. The van der Waals surface area contributed by atoms with Crippen molar-refractivity contribution in [2.45, 2.75) is 18.9 Å². The summed E-state index contributed by atoms with van der Waals surface area (Å²) < 4.78 is 19.3. The summed E-state index contributed by atoms with van der Waals surface area (Å²) >= 11 is 0. The van der Waals surface area contributed by atoms with Crippen LogP contribution in [0.3, 0.4) is 0 Å². The third-order valence-electron chi connectivity index (χ3n) is 3.81. The number of carbonyl (C=O) groups is 1. The van der Waals surface area contributed by atoms with Gasteiger partial charge in [-0.1, -0.05) is 18.2 Å². The molecule has 4 nitrogen and oxygen atoms in total. The lowest BCUT2D eigenvalue weighted by atomic mass is 9.95. The first-order chi connectivity index (χ1) is 10.6. The van der Waals surface area contributed by atoms with E-state index in [9.17, 15) is 14.3 Å². The number of aryl methyl sites for hydroxylation is 1. The number of aliphatic hydroxyl groups excluding tert-OH is 1. The van der Waals surface area contributed by atoms with E-state index in [0.717, 1.165) is 0 Å². The zero-order chi connectivity index (χ0) is 15.7. The molecule has 0 fully saturated rings. The van der Waals surface area contributed by atoms with Crippen molar-refractivity contribution >= 4 is 11.6 Å². The average molecular weight is 301 g/mol. The minimum absolute atomic E-state index is 0.188. The van der Waals surface area contributed by atoms with Crippen LogP contribution in [0.1, 0.15) is 29.2 Å². The number of hydrogen-bond donors (Lipinski definition) is 2. The SMILES string of the molecule is COc1cccc(C(O)c2cc(F)c3c(c2)CCC(=O)N3)c1. The maximum Gasteiger partial charge on any atom is 0.224 e. The number of rotatable bonds is 3. The second kappa shape index (κ2) is 5.77. The molecule has 2 aromatic carbocycles. The van der Waals surface area contributed by atoms with E-state index in [1.165, 1.54) is 6.07 Å². The number of benzene rings is 2. The van der Waals surface area contributed by atoms with Gasteiger partial charge >= 0.3 is 0 Å². The summed E-state index contributed by atoms with van der Waals surface area (Å²) in [5, 5.41) is 13.0. The summed E-state index contributed by atoms with van der Waals surface area (Å²) in [5.41, 5.74) is 2.01. The first kappa shape index (κ1) is 14.5. The summed E-state index contributed by atoms with van der Waals surface area (Å²) in [5.74, 6) is -0.0859. The first-order valence-electron chi connectivity index (χ1n) is 7.02. The van der Waals surface area contributed by atoms with Gasteiger partial charge in [0.25, 0.3) is 0 Å². The Morgan fingerprint density at radius 3 is 2.82 bits per heavy atom. The number of anilines is 1. The minimum atomic E-state index is -0.951. The molecule has 0 aromatic heterocycles. The Kier molecular flexibility index (Phi) is 3.81. The van der Waals surface area contributed by atoms with Gasteiger partial charge in [-0.15, -0.1) is 0 Å². The molecule has 114 valence electrons. The number of methoxy groups -OCH3 is 1. The number of carbonyl (C=O) groups excluding carboxylic acids is 1. The van der Waals surface area contributed by atoms with Crippen molar-refractivity contribution in [2.75, 3.05) is 12.4 Å². The van der Waals surface area contributed by atoms with E-state index < -0.39 is 11.9 Å². The fourth-order valence-corrected chi connectivity index (χ4v) is 2.64. The number of amides is 1. The molecule has 0 saturated heterocycles. The Morgan fingerprint density at radius 1 is 1.23 bits per heavy atom. The monoisotopic (exact) mass is 301 g/mol. The molecule has 2 N–H and O–H groups in total. The van der Waals surface area contributed by atoms with E-state index in [4.69, 9.17) is 4.74 Å². The van der Waals surface area contributed by atoms with Gasteiger partial charge in [0.05, 0.1) is 12.8 Å². The maximum absolute atomic E-state index is 14.2. The van der Waals surface area contributed by atoms with Crippen LogP contribution in [0.2, 0.25) is 0 Å². The van der Waals surface area contributed by atoms with Crippen LogP contribution in [0.5, 0.6) is 5.75 Å². The van der Waals surface area contributed by atoms with Gasteiger partial charge in [0.2, 0.25) is 5.91 Å². The lowest BCUT2D eigenvalue weighted by Crippen LogP contribution is -2.20. The highest BCUT2D eigenvalue weighted by Crippen LogP contribution is 2.32. The van der Waals surface area contributed by atoms with Gasteiger partial charge in [0.1, 0.15) is 17.7 Å². The molecule has 22 heavy (non-hydrogen) atoms. The lowest BCUT2D eigenvalue weighted by molar-refractivity contribution is -0.116. The van der Waals surface area contributed by atoms with Crippen molar-refractivity contribution in [3.05, 3.63) is 58.9 Å². The van der Waals surface area contributed by atoms with Gasteiger partial charge in [0, 0.05) is 6.42 Å².